The number of aliphatic hydroxyl groups excluding tert-OH is 2. The molecule has 7 heavy (non-hydrogen) atoms. The molecular weight excluding hydrogens is 100 g/mol. The highest BCUT2D eigenvalue weighted by molar-refractivity contribution is 4.03. The fourth-order valence-electron chi connectivity index (χ4n) is 0.132. The first-order valence-electron chi connectivity index (χ1n) is 1.74. The van der Waals surface area contributed by atoms with E-state index >= 15 is 0 Å². The van der Waals surface area contributed by atoms with E-state index in [1.807, 2.05) is 0 Å². The predicted octanol–water partition coefficient (Wildman–Crippen LogP) is -1.12. The van der Waals surface area contributed by atoms with Gasteiger partial charge in [0.1, 0.15) is 6.79 Å². The van der Waals surface area contributed by atoms with Crippen molar-refractivity contribution in [3.63, 3.8) is 0 Å². The Labute approximate surface area is 41.3 Å². The van der Waals surface area contributed by atoms with Gasteiger partial charge in [0.15, 0.2) is 0 Å². The monoisotopic (exact) mass is 108 g/mol. The molecule has 0 saturated heterocycles. The smallest absolute Gasteiger partial charge is 0.270 e. The molecule has 0 aromatic carbocycles. The van der Waals surface area contributed by atoms with Crippen LogP contribution < -0.4 is 0 Å². The summed E-state index contributed by atoms with van der Waals surface area (Å²) in [6.45, 7) is -1.83. The number of hydrogen-bond donors (Lipinski definition) is 2. The first-order valence-corrected chi connectivity index (χ1v) is 1.74. The van der Waals surface area contributed by atoms with Crippen molar-refractivity contribution in [2.24, 2.45) is 0 Å². The Morgan fingerprint density at radius 1 is 1.71 bits per heavy atom. The van der Waals surface area contributed by atoms with Crippen LogP contribution in [0.5, 0.6) is 0 Å². The molecule has 4 nitrogen and oxygen atoms in total. The third-order valence-corrected chi connectivity index (χ3v) is 0.419. The fourth-order valence-corrected chi connectivity index (χ4v) is 0.132. The Kier molecular flexibility index (Phi) is 3.92. The molecule has 0 aliphatic rings. The van der Waals surface area contributed by atoms with E-state index in [1.165, 1.54) is 7.11 Å². The van der Waals surface area contributed by atoms with Crippen molar-refractivity contribution in [1.29, 1.82) is 0 Å². The molecule has 0 aromatic heterocycles. The van der Waals surface area contributed by atoms with Gasteiger partial charge in [-0.25, -0.2) is 0 Å². The van der Waals surface area contributed by atoms with Gasteiger partial charge in [0.25, 0.3) is 6.48 Å². The molecule has 0 saturated carbocycles. The van der Waals surface area contributed by atoms with Gasteiger partial charge in [0.2, 0.25) is 0 Å². The second-order valence-corrected chi connectivity index (χ2v) is 0.839. The normalized spacial score (nSPS) is 14.1. The molecule has 0 heterocycles. The highest BCUT2D eigenvalue weighted by Crippen LogP contribution is 1.81. The van der Waals surface area contributed by atoms with E-state index in [-0.39, 0.29) is 0 Å². The summed E-state index contributed by atoms with van der Waals surface area (Å²) in [4.78, 5) is 0. The van der Waals surface area contributed by atoms with Gasteiger partial charge in [-0.2, -0.15) is 0 Å². The van der Waals surface area contributed by atoms with Gasteiger partial charge in [0, 0.05) is 7.11 Å². The molecule has 4 heteroatoms. The van der Waals surface area contributed by atoms with Crippen LogP contribution >= 0.6 is 0 Å². The van der Waals surface area contributed by atoms with Crippen LogP contribution in [0, 0.1) is 0 Å². The highest BCUT2D eigenvalue weighted by atomic mass is 16.8. The molecule has 0 aliphatic carbocycles. The lowest BCUT2D eigenvalue weighted by atomic mass is 11.2. The number of rotatable bonds is 3. The first kappa shape index (κ1) is 6.84. The Hall–Kier alpha value is -0.160. The Balaban J connectivity index is 2.83. The van der Waals surface area contributed by atoms with Crippen molar-refractivity contribution in [2.45, 2.75) is 6.48 Å². The Morgan fingerprint density at radius 2 is 2.29 bits per heavy atom. The van der Waals surface area contributed by atoms with Crippen LogP contribution in [-0.4, -0.2) is 30.6 Å². The minimum atomic E-state index is -1.30. The van der Waals surface area contributed by atoms with Gasteiger partial charge < -0.3 is 19.7 Å². The van der Waals surface area contributed by atoms with Crippen molar-refractivity contribution in [1.82, 2.24) is 0 Å². The summed E-state index contributed by atoms with van der Waals surface area (Å²) >= 11 is 0. The maximum atomic E-state index is 8.25. The molecule has 1 unspecified atom stereocenters. The zero-order valence-corrected chi connectivity index (χ0v) is 4.00. The van der Waals surface area contributed by atoms with E-state index in [1.54, 1.807) is 0 Å². The minimum absolute atomic E-state index is 0.533. The zero-order valence-electron chi connectivity index (χ0n) is 4.00. The summed E-state index contributed by atoms with van der Waals surface area (Å²) in [6, 6.07) is 0. The van der Waals surface area contributed by atoms with Gasteiger partial charge >= 0.3 is 0 Å². The quantitative estimate of drug-likeness (QED) is 0.449. The summed E-state index contributed by atoms with van der Waals surface area (Å²) in [5.41, 5.74) is 0. The summed E-state index contributed by atoms with van der Waals surface area (Å²) in [7, 11) is 1.26. The summed E-state index contributed by atoms with van der Waals surface area (Å²) in [6.07, 6.45) is 0. The maximum Gasteiger partial charge on any atom is 0.270 e. The molecule has 0 aliphatic heterocycles. The first-order chi connectivity index (χ1) is 3.31. The Morgan fingerprint density at radius 3 is 2.43 bits per heavy atom. The molecule has 0 rings (SSSR count). The fraction of sp³-hybridized carbons (Fsp3) is 1.00. The van der Waals surface area contributed by atoms with Crippen molar-refractivity contribution in [3.05, 3.63) is 0 Å². The topological polar surface area (TPSA) is 58.9 Å². The summed E-state index contributed by atoms with van der Waals surface area (Å²) in [5, 5.41) is 16.2. The molecule has 0 amide bonds. The van der Waals surface area contributed by atoms with Crippen LogP contribution in [0.25, 0.3) is 0 Å². The summed E-state index contributed by atoms with van der Waals surface area (Å²) < 4.78 is 8.24. The van der Waals surface area contributed by atoms with E-state index in [0.717, 1.165) is 0 Å². The van der Waals surface area contributed by atoms with E-state index in [2.05, 4.69) is 9.47 Å². The van der Waals surface area contributed by atoms with Crippen molar-refractivity contribution in [3.8, 4) is 0 Å². The predicted molar refractivity (Wildman–Crippen MR) is 21.2 cm³/mol. The van der Waals surface area contributed by atoms with E-state index in [4.69, 9.17) is 10.2 Å². The second-order valence-electron chi connectivity index (χ2n) is 0.839. The van der Waals surface area contributed by atoms with Crippen molar-refractivity contribution in [2.75, 3.05) is 13.9 Å². The van der Waals surface area contributed by atoms with Gasteiger partial charge in [-0.05, 0) is 0 Å². The average Bonchev–Trinajstić information content (AvgIpc) is 1.68. The van der Waals surface area contributed by atoms with Crippen LogP contribution in [0.2, 0.25) is 0 Å². The SMILES string of the molecule is COC(O)OCO. The number of hydrogen-bond acceptors (Lipinski definition) is 4. The average molecular weight is 108 g/mol. The molecule has 0 aromatic rings. The van der Waals surface area contributed by atoms with Crippen LogP contribution in [0.15, 0.2) is 0 Å². The van der Waals surface area contributed by atoms with Crippen molar-refractivity contribution >= 4 is 0 Å². The van der Waals surface area contributed by atoms with Gasteiger partial charge in [-0.1, -0.05) is 0 Å². The maximum absolute atomic E-state index is 8.25. The third kappa shape index (κ3) is 3.68. The van der Waals surface area contributed by atoms with Crippen molar-refractivity contribution < 1.29 is 19.7 Å². The number of methoxy groups -OCH3 is 1. The van der Waals surface area contributed by atoms with Crippen LogP contribution in [0.1, 0.15) is 0 Å². The minimum Gasteiger partial charge on any atom is -0.370 e. The standard InChI is InChI=1S/C3H8O4/c1-6-3(5)7-2-4/h3-5H,2H2,1H3. The van der Waals surface area contributed by atoms with E-state index in [0.29, 0.717) is 0 Å². The van der Waals surface area contributed by atoms with Crippen LogP contribution in [0.3, 0.4) is 0 Å². The lowest BCUT2D eigenvalue weighted by molar-refractivity contribution is -0.274. The molecule has 0 radical (unpaired) electrons. The number of aliphatic hydroxyl groups is 2. The molecule has 1 atom stereocenters. The largest absolute Gasteiger partial charge is 0.370 e. The lowest BCUT2D eigenvalue weighted by Gasteiger charge is -2.04. The van der Waals surface area contributed by atoms with Gasteiger partial charge in [-0.15, -0.1) is 0 Å². The zero-order chi connectivity index (χ0) is 5.70. The third-order valence-electron chi connectivity index (χ3n) is 0.419. The van der Waals surface area contributed by atoms with E-state index in [9.17, 15) is 0 Å². The van der Waals surface area contributed by atoms with Crippen LogP contribution in [-0.2, 0) is 9.47 Å². The highest BCUT2D eigenvalue weighted by Gasteiger charge is 1.94. The lowest BCUT2D eigenvalue weighted by Crippen LogP contribution is -2.13. The second kappa shape index (κ2) is 4.01. The molecular formula is C3H8O4. The number of ether oxygens (including phenoxy) is 2. The van der Waals surface area contributed by atoms with E-state index < -0.39 is 13.3 Å². The summed E-state index contributed by atoms with van der Waals surface area (Å²) in [5.74, 6) is 0. The Bertz CT molecular complexity index is 37.9. The molecule has 44 valence electrons. The van der Waals surface area contributed by atoms with Crippen LogP contribution in [0.4, 0.5) is 0 Å². The van der Waals surface area contributed by atoms with Gasteiger partial charge in [-0.3, -0.25) is 0 Å². The molecule has 0 spiro atoms. The molecule has 0 bridgehead atoms. The van der Waals surface area contributed by atoms with Gasteiger partial charge in [0.05, 0.1) is 0 Å². The molecule has 0 fully saturated rings. The molecule has 2 N–H and O–H groups in total.